The molecular formula is C48H35N8O3S2+. The molecule has 2 amide bonds. The maximum Gasteiger partial charge on any atom is 0.271 e. The molecule has 2 aliphatic rings. The predicted molar refractivity (Wildman–Crippen MR) is 247 cm³/mol. The van der Waals surface area contributed by atoms with Crippen molar-refractivity contribution in [2.45, 2.75) is 6.92 Å². The molecule has 0 radical (unpaired) electrons. The maximum atomic E-state index is 14.1. The quantitative estimate of drug-likeness (QED) is 0.116. The third-order valence-electron chi connectivity index (χ3n) is 10.3. The number of pyridine rings is 1. The van der Waals surface area contributed by atoms with Crippen molar-refractivity contribution >= 4 is 103 Å². The van der Waals surface area contributed by atoms with Gasteiger partial charge in [0.1, 0.15) is 11.4 Å². The fourth-order valence-electron chi connectivity index (χ4n) is 7.22. The van der Waals surface area contributed by atoms with Crippen LogP contribution in [0.25, 0.3) is 39.8 Å². The van der Waals surface area contributed by atoms with Gasteiger partial charge in [0, 0.05) is 29.5 Å². The Morgan fingerprint density at radius 2 is 1.31 bits per heavy atom. The van der Waals surface area contributed by atoms with Gasteiger partial charge in [-0.2, -0.15) is 4.57 Å². The molecule has 2 fully saturated rings. The normalized spacial score (nSPS) is 17.0. The topological polar surface area (TPSA) is 123 Å². The van der Waals surface area contributed by atoms with E-state index in [2.05, 4.69) is 20.6 Å². The van der Waals surface area contributed by atoms with Gasteiger partial charge in [0.25, 0.3) is 11.8 Å². The number of hydrogen-bond donors (Lipinski definition) is 2. The van der Waals surface area contributed by atoms with Gasteiger partial charge < -0.3 is 9.72 Å². The number of amidine groups is 2. The van der Waals surface area contributed by atoms with Crippen LogP contribution in [0.2, 0.25) is 0 Å². The minimum atomic E-state index is -0.160. The first-order chi connectivity index (χ1) is 29.9. The van der Waals surface area contributed by atoms with E-state index in [1.54, 1.807) is 23.1 Å². The number of ether oxygens (including phenoxy) is 1. The highest BCUT2D eigenvalue weighted by Gasteiger charge is 2.36. The molecule has 2 N–H and O–H groups in total. The Hall–Kier alpha value is -7.48. The highest BCUT2D eigenvalue weighted by Crippen LogP contribution is 2.39. The van der Waals surface area contributed by atoms with E-state index in [0.29, 0.717) is 37.3 Å². The van der Waals surface area contributed by atoms with E-state index in [1.807, 2.05) is 159 Å². The van der Waals surface area contributed by atoms with Crippen LogP contribution in [0.4, 0.5) is 22.9 Å². The van der Waals surface area contributed by atoms with E-state index in [9.17, 15) is 9.59 Å². The summed E-state index contributed by atoms with van der Waals surface area (Å²) < 4.78 is 7.38. The molecule has 3 aromatic heterocycles. The highest BCUT2D eigenvalue weighted by atomic mass is 32.2. The molecule has 5 heterocycles. The molecule has 0 bridgehead atoms. The van der Waals surface area contributed by atoms with Crippen molar-refractivity contribution in [1.29, 1.82) is 0 Å². The van der Waals surface area contributed by atoms with Gasteiger partial charge in [-0.05, 0) is 138 Å². The third kappa shape index (κ3) is 7.41. The molecule has 5 aromatic carbocycles. The molecule has 11 nitrogen and oxygen atoms in total. The van der Waals surface area contributed by atoms with Crippen LogP contribution < -0.4 is 19.1 Å². The number of aromatic amines is 2. The standard InChI is InChI=1S/C48H34N8O3S2/c1-30-28-50-44(53-48-56(36-11-7-4-8-12-36)46(58)42(61-48)25-31-13-19-38-33(23-31)21-22-49-38)27-40(30)54-29-51-39-20-14-32(24-41(39)54)26-43-45(57)55(35-9-5-3-6-10-35)47(60-43)52-34-15-17-37(59-2)18-16-34/h3-29H,1-2H3,(H,49,58)/p+1. The van der Waals surface area contributed by atoms with Crippen LogP contribution in [0, 0.1) is 6.92 Å². The second kappa shape index (κ2) is 15.9. The lowest BCUT2D eigenvalue weighted by molar-refractivity contribution is -0.567. The van der Waals surface area contributed by atoms with E-state index in [1.165, 1.54) is 23.5 Å². The Balaban J connectivity index is 0.990. The summed E-state index contributed by atoms with van der Waals surface area (Å²) in [5.74, 6) is 0.858. The van der Waals surface area contributed by atoms with Crippen molar-refractivity contribution < 1.29 is 18.9 Å². The molecule has 10 rings (SSSR count). The number of H-pyrrole nitrogens is 2. The lowest BCUT2D eigenvalue weighted by Gasteiger charge is -2.15. The fourth-order valence-corrected chi connectivity index (χ4v) is 9.21. The van der Waals surface area contributed by atoms with Gasteiger partial charge in [0.05, 0.1) is 34.0 Å². The summed E-state index contributed by atoms with van der Waals surface area (Å²) in [5, 5.41) is 2.13. The number of rotatable bonds is 8. The van der Waals surface area contributed by atoms with E-state index >= 15 is 0 Å². The first-order valence-corrected chi connectivity index (χ1v) is 21.0. The van der Waals surface area contributed by atoms with Gasteiger partial charge in [-0.3, -0.25) is 19.4 Å². The Kier molecular flexibility index (Phi) is 9.87. The van der Waals surface area contributed by atoms with Crippen LogP contribution in [-0.4, -0.2) is 44.2 Å². The molecular weight excluding hydrogens is 801 g/mol. The zero-order valence-corrected chi connectivity index (χ0v) is 34.4. The average molecular weight is 836 g/mol. The van der Waals surface area contributed by atoms with Crippen molar-refractivity contribution in [3.05, 3.63) is 179 Å². The summed E-state index contributed by atoms with van der Waals surface area (Å²) in [5.41, 5.74) is 8.54. The summed E-state index contributed by atoms with van der Waals surface area (Å²) in [7, 11) is 1.62. The number of nitrogens with zero attached hydrogens (tertiary/aromatic N) is 6. The molecule has 8 aromatic rings. The van der Waals surface area contributed by atoms with Crippen LogP contribution in [0.1, 0.15) is 16.7 Å². The van der Waals surface area contributed by atoms with Crippen molar-refractivity contribution in [2.24, 2.45) is 9.98 Å². The molecule has 0 unspecified atom stereocenters. The molecule has 296 valence electrons. The second-order valence-electron chi connectivity index (χ2n) is 14.2. The van der Waals surface area contributed by atoms with Crippen LogP contribution in [0.5, 0.6) is 5.75 Å². The Bertz CT molecular complexity index is 3140. The van der Waals surface area contributed by atoms with Crippen molar-refractivity contribution in [3.8, 4) is 11.4 Å². The number of carbonyl (C=O) groups is 2. The van der Waals surface area contributed by atoms with E-state index < -0.39 is 0 Å². The summed E-state index contributed by atoms with van der Waals surface area (Å²) in [6, 6.07) is 42.5. The van der Waals surface area contributed by atoms with Crippen LogP contribution >= 0.6 is 23.5 Å². The fraction of sp³-hybridized carbons (Fsp3) is 0.0417. The smallest absolute Gasteiger partial charge is 0.271 e. The highest BCUT2D eigenvalue weighted by molar-refractivity contribution is 8.19. The maximum absolute atomic E-state index is 14.1. The summed E-state index contributed by atoms with van der Waals surface area (Å²) in [6.45, 7) is 2.00. The summed E-state index contributed by atoms with van der Waals surface area (Å²) in [6.07, 6.45) is 9.41. The SMILES string of the molecule is COc1ccc(N=C2SC(=Cc3ccc4[nH]c[n+](-c5cc(N=C6SC(=Cc7ccc8[nH]ccc8c7)C(=O)N6c6ccccc6)ncc5C)c4c3)C(=O)N2c2ccccc2)cc1. The van der Waals surface area contributed by atoms with Gasteiger partial charge in [-0.25, -0.2) is 20.0 Å². The van der Waals surface area contributed by atoms with Crippen LogP contribution in [-0.2, 0) is 9.59 Å². The minimum absolute atomic E-state index is 0.158. The zero-order chi connectivity index (χ0) is 41.5. The predicted octanol–water partition coefficient (Wildman–Crippen LogP) is 10.3. The Morgan fingerprint density at radius 1 is 0.689 bits per heavy atom. The molecule has 2 saturated heterocycles. The number of amides is 2. The largest absolute Gasteiger partial charge is 0.497 e. The number of thioether (sulfide) groups is 2. The zero-order valence-electron chi connectivity index (χ0n) is 32.8. The monoisotopic (exact) mass is 835 g/mol. The first kappa shape index (κ1) is 37.8. The van der Waals surface area contributed by atoms with Gasteiger partial charge in [-0.1, -0.05) is 48.5 Å². The number of aryl methyl sites for hydroxylation is 1. The lowest BCUT2D eigenvalue weighted by Crippen LogP contribution is -2.30. The molecule has 2 aliphatic heterocycles. The average Bonchev–Trinajstić information content (AvgIpc) is 4.07. The van der Waals surface area contributed by atoms with Gasteiger partial charge >= 0.3 is 0 Å². The number of fused-ring (bicyclic) bond motifs is 2. The summed E-state index contributed by atoms with van der Waals surface area (Å²) >= 11 is 2.65. The minimum Gasteiger partial charge on any atom is -0.497 e. The number of nitrogens with one attached hydrogen (secondary N) is 2. The van der Waals surface area contributed by atoms with E-state index in [-0.39, 0.29) is 11.8 Å². The number of hydrogen-bond acceptors (Lipinski definition) is 8. The molecule has 0 atom stereocenters. The number of imidazole rings is 1. The first-order valence-electron chi connectivity index (χ1n) is 19.3. The second-order valence-corrected chi connectivity index (χ2v) is 16.3. The van der Waals surface area contributed by atoms with Crippen molar-refractivity contribution in [2.75, 3.05) is 16.9 Å². The van der Waals surface area contributed by atoms with Crippen molar-refractivity contribution in [1.82, 2.24) is 15.0 Å². The molecule has 0 spiro atoms. The molecule has 0 aliphatic carbocycles. The van der Waals surface area contributed by atoms with Crippen LogP contribution in [0.15, 0.2) is 172 Å². The number of aliphatic imine (C=N–C) groups is 2. The number of methoxy groups -OCH3 is 1. The number of para-hydroxylation sites is 2. The van der Waals surface area contributed by atoms with E-state index in [4.69, 9.17) is 19.7 Å². The van der Waals surface area contributed by atoms with Gasteiger partial charge in [0.2, 0.25) is 6.33 Å². The van der Waals surface area contributed by atoms with Crippen LogP contribution in [0.3, 0.4) is 0 Å². The summed E-state index contributed by atoms with van der Waals surface area (Å²) in [4.78, 5) is 53.7. The number of anilines is 2. The van der Waals surface area contributed by atoms with E-state index in [0.717, 1.165) is 55.8 Å². The number of aromatic nitrogens is 4. The number of carbonyl (C=O) groups excluding carboxylic acids is 2. The molecule has 13 heteroatoms. The lowest BCUT2D eigenvalue weighted by atomic mass is 10.1. The van der Waals surface area contributed by atoms with Crippen molar-refractivity contribution in [3.63, 3.8) is 0 Å². The van der Waals surface area contributed by atoms with Gasteiger partial charge in [0.15, 0.2) is 27.2 Å². The number of benzene rings is 5. The molecule has 61 heavy (non-hydrogen) atoms. The Labute approximate surface area is 358 Å². The third-order valence-corrected chi connectivity index (χ3v) is 12.2. The van der Waals surface area contributed by atoms with Gasteiger partial charge in [-0.15, -0.1) is 0 Å². The molecule has 0 saturated carbocycles. The Morgan fingerprint density at radius 3 is 1.97 bits per heavy atom.